The van der Waals surface area contributed by atoms with Crippen molar-refractivity contribution >= 4 is 11.8 Å². The largest absolute Gasteiger partial charge is 0.396 e. The molecule has 1 aliphatic heterocycles. The van der Waals surface area contributed by atoms with Crippen LogP contribution >= 0.6 is 11.8 Å². The number of rotatable bonds is 7. The lowest BCUT2D eigenvalue weighted by Crippen LogP contribution is -2.40. The molecule has 0 aromatic rings. The molecular weight excluding hydrogens is 206 g/mol. The summed E-state index contributed by atoms with van der Waals surface area (Å²) in [5, 5.41) is 12.8. The number of nitrogens with one attached hydrogen (secondary N) is 1. The molecule has 1 aliphatic rings. The molecule has 0 radical (unpaired) electrons. The molecular formula is C12H25NOS. The molecule has 0 aromatic heterocycles. The molecule has 0 spiro atoms. The Morgan fingerprint density at radius 3 is 2.60 bits per heavy atom. The zero-order chi connectivity index (χ0) is 11.1. The number of thioether (sulfide) groups is 1. The van der Waals surface area contributed by atoms with E-state index < -0.39 is 0 Å². The van der Waals surface area contributed by atoms with Gasteiger partial charge in [0.2, 0.25) is 0 Å². The van der Waals surface area contributed by atoms with Gasteiger partial charge in [-0.05, 0) is 36.9 Å². The number of hydrogen-bond donors (Lipinski definition) is 2. The molecule has 1 atom stereocenters. The van der Waals surface area contributed by atoms with Gasteiger partial charge in [0.1, 0.15) is 0 Å². The monoisotopic (exact) mass is 231 g/mol. The van der Waals surface area contributed by atoms with Crippen LogP contribution in [-0.2, 0) is 0 Å². The first-order chi connectivity index (χ1) is 7.26. The molecule has 1 fully saturated rings. The fourth-order valence-electron chi connectivity index (χ4n) is 2.24. The SMILES string of the molecule is CCC(CC)(CCO)CNC1CCSC1. The van der Waals surface area contributed by atoms with Gasteiger partial charge >= 0.3 is 0 Å². The van der Waals surface area contributed by atoms with Crippen LogP contribution in [0.15, 0.2) is 0 Å². The zero-order valence-electron chi connectivity index (χ0n) is 10.1. The third-order valence-corrected chi connectivity index (χ3v) is 5.00. The van der Waals surface area contributed by atoms with Crippen LogP contribution in [0.2, 0.25) is 0 Å². The standard InChI is InChI=1S/C12H25NOS/c1-3-12(4-2,6-7-14)10-13-11-5-8-15-9-11/h11,13-14H,3-10H2,1-2H3. The zero-order valence-corrected chi connectivity index (χ0v) is 10.9. The molecule has 0 bridgehead atoms. The fourth-order valence-corrected chi connectivity index (χ4v) is 3.42. The summed E-state index contributed by atoms with van der Waals surface area (Å²) >= 11 is 2.05. The Kier molecular flexibility index (Phi) is 6.02. The molecule has 2 nitrogen and oxygen atoms in total. The first-order valence-electron chi connectivity index (χ1n) is 6.18. The molecule has 0 aromatic carbocycles. The predicted octanol–water partition coefficient (Wildman–Crippen LogP) is 2.27. The third-order valence-electron chi connectivity index (χ3n) is 3.84. The van der Waals surface area contributed by atoms with Gasteiger partial charge in [0.15, 0.2) is 0 Å². The molecule has 1 rings (SSSR count). The van der Waals surface area contributed by atoms with Crippen LogP contribution in [0, 0.1) is 5.41 Å². The van der Waals surface area contributed by atoms with E-state index in [1.165, 1.54) is 17.9 Å². The van der Waals surface area contributed by atoms with E-state index in [2.05, 4.69) is 19.2 Å². The Bertz CT molecular complexity index is 165. The predicted molar refractivity (Wildman–Crippen MR) is 68.5 cm³/mol. The maximum Gasteiger partial charge on any atom is 0.0436 e. The van der Waals surface area contributed by atoms with E-state index in [9.17, 15) is 0 Å². The van der Waals surface area contributed by atoms with Crippen molar-refractivity contribution in [3.63, 3.8) is 0 Å². The van der Waals surface area contributed by atoms with Crippen LogP contribution in [0.3, 0.4) is 0 Å². The Morgan fingerprint density at radius 2 is 2.13 bits per heavy atom. The summed E-state index contributed by atoms with van der Waals surface area (Å²) in [4.78, 5) is 0. The van der Waals surface area contributed by atoms with Gasteiger partial charge in [0.05, 0.1) is 0 Å². The van der Waals surface area contributed by atoms with Crippen molar-refractivity contribution in [1.82, 2.24) is 5.32 Å². The van der Waals surface area contributed by atoms with E-state index in [0.29, 0.717) is 18.1 Å². The number of hydrogen-bond acceptors (Lipinski definition) is 3. The van der Waals surface area contributed by atoms with Gasteiger partial charge in [-0.15, -0.1) is 0 Å². The highest BCUT2D eigenvalue weighted by Crippen LogP contribution is 2.30. The number of aliphatic hydroxyl groups is 1. The van der Waals surface area contributed by atoms with Crippen molar-refractivity contribution in [3.8, 4) is 0 Å². The van der Waals surface area contributed by atoms with Crippen molar-refractivity contribution < 1.29 is 5.11 Å². The van der Waals surface area contributed by atoms with E-state index in [1.54, 1.807) is 0 Å². The minimum Gasteiger partial charge on any atom is -0.396 e. The maximum atomic E-state index is 9.12. The van der Waals surface area contributed by atoms with E-state index in [4.69, 9.17) is 5.11 Å². The summed E-state index contributed by atoms with van der Waals surface area (Å²) in [7, 11) is 0. The first kappa shape index (κ1) is 13.3. The summed E-state index contributed by atoms with van der Waals surface area (Å²) < 4.78 is 0. The smallest absolute Gasteiger partial charge is 0.0436 e. The second-order valence-electron chi connectivity index (χ2n) is 4.62. The summed E-state index contributed by atoms with van der Waals surface area (Å²) in [5.74, 6) is 2.57. The summed E-state index contributed by atoms with van der Waals surface area (Å²) in [6, 6.07) is 0.714. The topological polar surface area (TPSA) is 32.3 Å². The van der Waals surface area contributed by atoms with E-state index >= 15 is 0 Å². The maximum absolute atomic E-state index is 9.12. The average Bonchev–Trinajstić information content (AvgIpc) is 2.77. The van der Waals surface area contributed by atoms with Gasteiger partial charge in [-0.1, -0.05) is 13.8 Å². The molecule has 3 heteroatoms. The minimum atomic E-state index is 0.321. The minimum absolute atomic E-state index is 0.321. The Hall–Kier alpha value is 0.270. The van der Waals surface area contributed by atoms with Gasteiger partial charge in [-0.25, -0.2) is 0 Å². The second kappa shape index (κ2) is 6.77. The molecule has 15 heavy (non-hydrogen) atoms. The van der Waals surface area contributed by atoms with Crippen LogP contribution in [0.25, 0.3) is 0 Å². The molecule has 0 amide bonds. The summed E-state index contributed by atoms with van der Waals surface area (Å²) in [6.07, 6.45) is 4.58. The quantitative estimate of drug-likeness (QED) is 0.705. The molecule has 2 N–H and O–H groups in total. The second-order valence-corrected chi connectivity index (χ2v) is 5.77. The van der Waals surface area contributed by atoms with Gasteiger partial charge < -0.3 is 10.4 Å². The van der Waals surface area contributed by atoms with Crippen LogP contribution in [-0.4, -0.2) is 35.8 Å². The molecule has 1 heterocycles. The lowest BCUT2D eigenvalue weighted by molar-refractivity contribution is 0.160. The summed E-state index contributed by atoms with van der Waals surface area (Å²) in [5.41, 5.74) is 0.321. The van der Waals surface area contributed by atoms with Crippen molar-refractivity contribution in [2.75, 3.05) is 24.7 Å². The molecule has 1 unspecified atom stereocenters. The first-order valence-corrected chi connectivity index (χ1v) is 7.34. The van der Waals surface area contributed by atoms with Gasteiger partial charge in [-0.2, -0.15) is 11.8 Å². The number of aliphatic hydroxyl groups excluding tert-OH is 1. The van der Waals surface area contributed by atoms with Crippen LogP contribution in [0.4, 0.5) is 0 Å². The lowest BCUT2D eigenvalue weighted by Gasteiger charge is -2.32. The van der Waals surface area contributed by atoms with Crippen molar-refractivity contribution in [2.24, 2.45) is 5.41 Å². The Balaban J connectivity index is 2.35. The van der Waals surface area contributed by atoms with Crippen LogP contribution < -0.4 is 5.32 Å². The summed E-state index contributed by atoms with van der Waals surface area (Å²) in [6.45, 7) is 5.88. The third kappa shape index (κ3) is 3.97. The Labute approximate surface area is 98.2 Å². The van der Waals surface area contributed by atoms with E-state index in [1.807, 2.05) is 11.8 Å². The fraction of sp³-hybridized carbons (Fsp3) is 1.00. The highest BCUT2D eigenvalue weighted by atomic mass is 32.2. The molecule has 0 saturated carbocycles. The van der Waals surface area contributed by atoms with Gasteiger partial charge in [0.25, 0.3) is 0 Å². The molecule has 1 saturated heterocycles. The Morgan fingerprint density at radius 1 is 1.40 bits per heavy atom. The van der Waals surface area contributed by atoms with Crippen molar-refractivity contribution in [2.45, 2.75) is 45.6 Å². The average molecular weight is 231 g/mol. The molecule has 0 aliphatic carbocycles. The van der Waals surface area contributed by atoms with Gasteiger partial charge in [0, 0.05) is 24.9 Å². The highest BCUT2D eigenvalue weighted by molar-refractivity contribution is 7.99. The van der Waals surface area contributed by atoms with Crippen LogP contribution in [0.1, 0.15) is 39.5 Å². The van der Waals surface area contributed by atoms with E-state index in [-0.39, 0.29) is 0 Å². The van der Waals surface area contributed by atoms with E-state index in [0.717, 1.165) is 25.8 Å². The van der Waals surface area contributed by atoms with Crippen molar-refractivity contribution in [3.05, 3.63) is 0 Å². The lowest BCUT2D eigenvalue weighted by atomic mass is 9.79. The normalized spacial score (nSPS) is 22.2. The molecule has 90 valence electrons. The van der Waals surface area contributed by atoms with Gasteiger partial charge in [-0.3, -0.25) is 0 Å². The van der Waals surface area contributed by atoms with Crippen molar-refractivity contribution in [1.29, 1.82) is 0 Å². The highest BCUT2D eigenvalue weighted by Gasteiger charge is 2.27. The van der Waals surface area contributed by atoms with Crippen LogP contribution in [0.5, 0.6) is 0 Å².